The van der Waals surface area contributed by atoms with Crippen molar-refractivity contribution in [3.63, 3.8) is 0 Å². The maximum absolute atomic E-state index is 12.7. The third-order valence-corrected chi connectivity index (χ3v) is 7.00. The molecule has 35 heavy (non-hydrogen) atoms. The molecule has 9 nitrogen and oxygen atoms in total. The van der Waals surface area contributed by atoms with Crippen molar-refractivity contribution in [1.82, 2.24) is 19.6 Å². The van der Waals surface area contributed by atoms with Crippen molar-refractivity contribution in [3.8, 4) is 0 Å². The maximum Gasteiger partial charge on any atom is 0.410 e. The Kier molecular flexibility index (Phi) is 7.66. The van der Waals surface area contributed by atoms with Crippen molar-refractivity contribution in [2.45, 2.75) is 70.2 Å². The second-order valence-electron chi connectivity index (χ2n) is 10.6. The maximum atomic E-state index is 12.7. The molecule has 1 saturated heterocycles. The highest BCUT2D eigenvalue weighted by Crippen LogP contribution is 2.33. The van der Waals surface area contributed by atoms with Crippen LogP contribution in [-0.2, 0) is 14.2 Å². The van der Waals surface area contributed by atoms with Crippen molar-refractivity contribution in [2.24, 2.45) is 0 Å². The van der Waals surface area contributed by atoms with Crippen LogP contribution in [0.5, 0.6) is 0 Å². The number of carbonyl (C=O) groups excluding carboxylic acids is 2. The Morgan fingerprint density at radius 1 is 1.06 bits per heavy atom. The molecule has 1 aromatic heterocycles. The number of nitrogens with zero attached hydrogens (tertiary/aromatic N) is 4. The average Bonchev–Trinajstić information content (AvgIpc) is 3.26. The monoisotopic (exact) mass is 486 g/mol. The van der Waals surface area contributed by atoms with Crippen molar-refractivity contribution in [2.75, 3.05) is 40.5 Å². The number of aromatic nitrogens is 2. The van der Waals surface area contributed by atoms with Gasteiger partial charge in [0.2, 0.25) is 0 Å². The van der Waals surface area contributed by atoms with E-state index in [1.54, 1.807) is 19.2 Å². The van der Waals surface area contributed by atoms with E-state index in [4.69, 9.17) is 19.3 Å². The van der Waals surface area contributed by atoms with Gasteiger partial charge in [0.25, 0.3) is 0 Å². The largest absolute Gasteiger partial charge is 0.465 e. The molecule has 2 aromatic rings. The number of amides is 1. The van der Waals surface area contributed by atoms with Gasteiger partial charge in [0.1, 0.15) is 5.60 Å². The van der Waals surface area contributed by atoms with E-state index >= 15 is 0 Å². The summed E-state index contributed by atoms with van der Waals surface area (Å²) in [6.45, 7) is 8.47. The average molecular weight is 487 g/mol. The lowest BCUT2D eigenvalue weighted by Gasteiger charge is -2.45. The van der Waals surface area contributed by atoms with Crippen LogP contribution in [0.15, 0.2) is 24.4 Å². The van der Waals surface area contributed by atoms with E-state index in [1.807, 2.05) is 31.7 Å². The third kappa shape index (κ3) is 5.95. The molecule has 1 amide bonds. The summed E-state index contributed by atoms with van der Waals surface area (Å²) < 4.78 is 18.0. The van der Waals surface area contributed by atoms with Gasteiger partial charge >= 0.3 is 12.1 Å². The zero-order valence-electron chi connectivity index (χ0n) is 21.5. The second kappa shape index (κ2) is 10.5. The van der Waals surface area contributed by atoms with Crippen LogP contribution in [0.1, 0.15) is 62.9 Å². The highest BCUT2D eigenvalue weighted by atomic mass is 16.6. The standard InChI is InChI=1S/C26H38N4O5/c1-26(2,3)35-25(32)29-13-12-28(16-22(29)17-33-4)20-8-10-21(11-9-20)30-15-19-7-6-18(24(31)34-5)14-23(19)27-30/h6-7,14-15,20-22H,8-13,16-17H2,1-5H3/t20?,21?,22-/m0/s1. The molecule has 1 aliphatic carbocycles. The molecule has 0 bridgehead atoms. The summed E-state index contributed by atoms with van der Waals surface area (Å²) in [5.41, 5.74) is 0.823. The first-order valence-corrected chi connectivity index (χ1v) is 12.5. The van der Waals surface area contributed by atoms with Crippen LogP contribution in [0, 0.1) is 0 Å². The molecule has 2 fully saturated rings. The number of ether oxygens (including phenoxy) is 3. The normalized spacial score (nSPS) is 23.9. The fourth-order valence-electron chi connectivity index (χ4n) is 5.26. The van der Waals surface area contributed by atoms with E-state index in [0.717, 1.165) is 49.7 Å². The smallest absolute Gasteiger partial charge is 0.410 e. The molecule has 1 aliphatic heterocycles. The van der Waals surface area contributed by atoms with Gasteiger partial charge in [-0.15, -0.1) is 0 Å². The lowest BCUT2D eigenvalue weighted by atomic mass is 9.89. The summed E-state index contributed by atoms with van der Waals surface area (Å²) in [7, 11) is 3.07. The number of methoxy groups -OCH3 is 2. The van der Waals surface area contributed by atoms with Gasteiger partial charge < -0.3 is 19.1 Å². The van der Waals surface area contributed by atoms with Crippen LogP contribution in [0.4, 0.5) is 4.79 Å². The van der Waals surface area contributed by atoms with Gasteiger partial charge in [-0.2, -0.15) is 5.10 Å². The summed E-state index contributed by atoms with van der Waals surface area (Å²) in [6, 6.07) is 6.33. The van der Waals surface area contributed by atoms with Crippen molar-refractivity contribution >= 4 is 23.0 Å². The van der Waals surface area contributed by atoms with Gasteiger partial charge in [-0.05, 0) is 58.6 Å². The number of hydrogen-bond donors (Lipinski definition) is 0. The first-order valence-electron chi connectivity index (χ1n) is 12.5. The second-order valence-corrected chi connectivity index (χ2v) is 10.6. The fourth-order valence-corrected chi connectivity index (χ4v) is 5.26. The number of carbonyl (C=O) groups is 2. The van der Waals surface area contributed by atoms with Gasteiger partial charge in [-0.25, -0.2) is 9.59 Å². The first-order chi connectivity index (χ1) is 16.7. The summed E-state index contributed by atoms with van der Waals surface area (Å²) in [6.07, 6.45) is 6.08. The van der Waals surface area contributed by atoms with E-state index < -0.39 is 5.60 Å². The molecular formula is C26H38N4O5. The highest BCUT2D eigenvalue weighted by Gasteiger charge is 2.37. The molecule has 1 aromatic carbocycles. The molecule has 0 unspecified atom stereocenters. The molecule has 0 N–H and O–H groups in total. The van der Waals surface area contributed by atoms with Crippen molar-refractivity contribution in [3.05, 3.63) is 30.0 Å². The molecule has 2 heterocycles. The van der Waals surface area contributed by atoms with E-state index in [-0.39, 0.29) is 18.1 Å². The first kappa shape index (κ1) is 25.4. The summed E-state index contributed by atoms with van der Waals surface area (Å²) in [5.74, 6) is -0.347. The molecule has 9 heteroatoms. The molecule has 1 saturated carbocycles. The van der Waals surface area contributed by atoms with Crippen LogP contribution < -0.4 is 0 Å². The minimum absolute atomic E-state index is 0.0123. The number of benzene rings is 1. The van der Waals surface area contributed by atoms with Crippen molar-refractivity contribution < 1.29 is 23.8 Å². The minimum atomic E-state index is -0.512. The van der Waals surface area contributed by atoms with Crippen LogP contribution in [0.2, 0.25) is 0 Å². The molecule has 192 valence electrons. The summed E-state index contributed by atoms with van der Waals surface area (Å²) >= 11 is 0. The lowest BCUT2D eigenvalue weighted by molar-refractivity contribution is -0.0270. The fraction of sp³-hybridized carbons (Fsp3) is 0.654. The predicted octanol–water partition coefficient (Wildman–Crippen LogP) is 3.87. The predicted molar refractivity (Wildman–Crippen MR) is 133 cm³/mol. The molecule has 2 aliphatic rings. The number of fused-ring (bicyclic) bond motifs is 1. The van der Waals surface area contributed by atoms with Gasteiger partial charge in [0.05, 0.1) is 36.9 Å². The number of esters is 1. The molecular weight excluding hydrogens is 448 g/mol. The van der Waals surface area contributed by atoms with Gasteiger partial charge in [0.15, 0.2) is 0 Å². The van der Waals surface area contributed by atoms with Gasteiger partial charge in [0, 0.05) is 44.4 Å². The topological polar surface area (TPSA) is 86.1 Å². The Balaban J connectivity index is 1.36. The van der Waals surface area contributed by atoms with E-state index in [0.29, 0.717) is 30.8 Å². The zero-order chi connectivity index (χ0) is 25.2. The lowest BCUT2D eigenvalue weighted by Crippen LogP contribution is -2.59. The van der Waals surface area contributed by atoms with Crippen LogP contribution in [0.3, 0.4) is 0 Å². The molecule has 4 rings (SSSR count). The van der Waals surface area contributed by atoms with Gasteiger partial charge in [-0.1, -0.05) is 6.07 Å². The SMILES string of the molecule is COC[C@@H]1CN(C2CCC(n3cc4ccc(C(=O)OC)cc4n3)CC2)CCN1C(=O)OC(C)(C)C. The number of hydrogen-bond acceptors (Lipinski definition) is 7. The quantitative estimate of drug-likeness (QED) is 0.593. The van der Waals surface area contributed by atoms with E-state index in [9.17, 15) is 9.59 Å². The number of piperazine rings is 1. The van der Waals surface area contributed by atoms with Crippen molar-refractivity contribution in [1.29, 1.82) is 0 Å². The summed E-state index contributed by atoms with van der Waals surface area (Å²) in [4.78, 5) is 28.9. The minimum Gasteiger partial charge on any atom is -0.465 e. The Bertz CT molecular complexity index is 1040. The Morgan fingerprint density at radius 2 is 1.77 bits per heavy atom. The van der Waals surface area contributed by atoms with Crippen LogP contribution in [0.25, 0.3) is 10.9 Å². The van der Waals surface area contributed by atoms with Crippen LogP contribution in [-0.4, -0.2) is 89.8 Å². The number of rotatable bonds is 5. The molecule has 1 atom stereocenters. The molecule has 0 spiro atoms. The zero-order valence-corrected chi connectivity index (χ0v) is 21.5. The third-order valence-electron chi connectivity index (χ3n) is 7.00. The Morgan fingerprint density at radius 3 is 2.43 bits per heavy atom. The van der Waals surface area contributed by atoms with E-state index in [2.05, 4.69) is 15.8 Å². The molecule has 0 radical (unpaired) electrons. The Hall–Kier alpha value is -2.65. The summed E-state index contributed by atoms with van der Waals surface area (Å²) in [5, 5.41) is 5.80. The Labute approximate surface area is 207 Å². The van der Waals surface area contributed by atoms with Crippen LogP contribution >= 0.6 is 0 Å². The highest BCUT2D eigenvalue weighted by molar-refractivity contribution is 5.94. The van der Waals surface area contributed by atoms with Gasteiger partial charge in [-0.3, -0.25) is 9.58 Å². The van der Waals surface area contributed by atoms with E-state index in [1.165, 1.54) is 7.11 Å².